The van der Waals surface area contributed by atoms with E-state index in [2.05, 4.69) is 10.1 Å². The van der Waals surface area contributed by atoms with Gasteiger partial charge in [-0.25, -0.2) is 9.37 Å². The number of ether oxygens (including phenoxy) is 1. The van der Waals surface area contributed by atoms with Gasteiger partial charge in [0.25, 0.3) is 5.91 Å². The standard InChI is InChI=1S/C18H14FN3O2S/c1-24-14-7-3-5-12(9-14)17-20-18-22(21-17)16(23)10-15(25-18)11-4-2-6-13(19)8-11/h2-9,15H,10H2,1H3/t15-/m0/s1. The Bertz CT molecular complexity index is 957. The van der Waals surface area contributed by atoms with Crippen molar-refractivity contribution in [1.29, 1.82) is 0 Å². The smallest absolute Gasteiger partial charge is 0.250 e. The normalized spacial score (nSPS) is 16.6. The lowest BCUT2D eigenvalue weighted by molar-refractivity contribution is 0.0868. The van der Waals surface area contributed by atoms with Crippen LogP contribution in [0.5, 0.6) is 5.75 Å². The zero-order valence-corrected chi connectivity index (χ0v) is 14.2. The second-order valence-electron chi connectivity index (χ2n) is 5.62. The molecule has 3 aromatic rings. The van der Waals surface area contributed by atoms with Crippen LogP contribution in [0, 0.1) is 5.82 Å². The molecule has 7 heteroatoms. The Kier molecular flexibility index (Phi) is 4.01. The van der Waals surface area contributed by atoms with E-state index in [0.717, 1.165) is 11.1 Å². The zero-order valence-electron chi connectivity index (χ0n) is 13.3. The van der Waals surface area contributed by atoms with E-state index in [1.807, 2.05) is 30.3 Å². The van der Waals surface area contributed by atoms with Gasteiger partial charge in [0, 0.05) is 17.2 Å². The third-order valence-corrected chi connectivity index (χ3v) is 5.17. The second kappa shape index (κ2) is 6.33. The van der Waals surface area contributed by atoms with Gasteiger partial charge in [0.1, 0.15) is 11.6 Å². The Morgan fingerprint density at radius 1 is 1.24 bits per heavy atom. The number of carbonyl (C=O) groups is 1. The average Bonchev–Trinajstić information content (AvgIpc) is 3.07. The number of thioether (sulfide) groups is 1. The molecule has 25 heavy (non-hydrogen) atoms. The van der Waals surface area contributed by atoms with Gasteiger partial charge in [-0.05, 0) is 29.8 Å². The molecule has 0 aliphatic carbocycles. The highest BCUT2D eigenvalue weighted by molar-refractivity contribution is 7.99. The number of nitrogens with zero attached hydrogens (tertiary/aromatic N) is 3. The zero-order chi connectivity index (χ0) is 17.4. The van der Waals surface area contributed by atoms with Crippen molar-refractivity contribution in [2.45, 2.75) is 16.8 Å². The monoisotopic (exact) mass is 355 g/mol. The number of carbonyl (C=O) groups excluding carboxylic acids is 1. The minimum Gasteiger partial charge on any atom is -0.497 e. The number of halogens is 1. The van der Waals surface area contributed by atoms with Crippen molar-refractivity contribution in [2.75, 3.05) is 7.11 Å². The van der Waals surface area contributed by atoms with Crippen molar-refractivity contribution in [2.24, 2.45) is 0 Å². The van der Waals surface area contributed by atoms with E-state index in [4.69, 9.17) is 4.74 Å². The van der Waals surface area contributed by atoms with Gasteiger partial charge >= 0.3 is 0 Å². The summed E-state index contributed by atoms with van der Waals surface area (Å²) in [6, 6.07) is 13.7. The number of methoxy groups -OCH3 is 1. The SMILES string of the molecule is COc1cccc(-c2nc3n(n2)C(=O)C[C@@H](c2cccc(F)c2)S3)c1. The highest BCUT2D eigenvalue weighted by Crippen LogP contribution is 2.41. The summed E-state index contributed by atoms with van der Waals surface area (Å²) in [4.78, 5) is 16.9. The summed E-state index contributed by atoms with van der Waals surface area (Å²) in [7, 11) is 1.59. The van der Waals surface area contributed by atoms with E-state index in [1.54, 1.807) is 13.2 Å². The molecular weight excluding hydrogens is 341 g/mol. The molecule has 0 N–H and O–H groups in total. The molecule has 0 bridgehead atoms. The summed E-state index contributed by atoms with van der Waals surface area (Å²) in [6.45, 7) is 0. The van der Waals surface area contributed by atoms with Gasteiger partial charge in [-0.1, -0.05) is 36.0 Å². The van der Waals surface area contributed by atoms with Crippen LogP contribution in [0.25, 0.3) is 11.4 Å². The van der Waals surface area contributed by atoms with E-state index < -0.39 is 0 Å². The molecule has 5 nitrogen and oxygen atoms in total. The molecule has 1 aliphatic heterocycles. The molecule has 1 atom stereocenters. The molecule has 1 aromatic heterocycles. The first-order chi connectivity index (χ1) is 12.1. The Hall–Kier alpha value is -2.67. The molecule has 0 saturated heterocycles. The Balaban J connectivity index is 1.68. The first-order valence-electron chi connectivity index (χ1n) is 7.71. The van der Waals surface area contributed by atoms with E-state index in [-0.39, 0.29) is 23.4 Å². The van der Waals surface area contributed by atoms with Crippen molar-refractivity contribution < 1.29 is 13.9 Å². The maximum Gasteiger partial charge on any atom is 0.250 e. The number of fused-ring (bicyclic) bond motifs is 1. The van der Waals surface area contributed by atoms with Crippen LogP contribution in [0.3, 0.4) is 0 Å². The Morgan fingerprint density at radius 2 is 2.08 bits per heavy atom. The van der Waals surface area contributed by atoms with Crippen LogP contribution in [-0.4, -0.2) is 27.8 Å². The van der Waals surface area contributed by atoms with Crippen LogP contribution in [0.4, 0.5) is 4.39 Å². The lowest BCUT2D eigenvalue weighted by Gasteiger charge is -2.20. The van der Waals surface area contributed by atoms with Crippen LogP contribution < -0.4 is 4.74 Å². The largest absolute Gasteiger partial charge is 0.497 e. The molecule has 2 aromatic carbocycles. The molecule has 0 unspecified atom stereocenters. The van der Waals surface area contributed by atoms with Gasteiger partial charge in [0.2, 0.25) is 0 Å². The number of benzene rings is 2. The van der Waals surface area contributed by atoms with Crippen LogP contribution in [0.1, 0.15) is 22.0 Å². The molecule has 126 valence electrons. The summed E-state index contributed by atoms with van der Waals surface area (Å²) < 4.78 is 20.0. The Morgan fingerprint density at radius 3 is 2.88 bits per heavy atom. The summed E-state index contributed by atoms with van der Waals surface area (Å²) in [6.07, 6.45) is 0.252. The highest BCUT2D eigenvalue weighted by Gasteiger charge is 2.30. The van der Waals surface area contributed by atoms with Crippen molar-refractivity contribution >= 4 is 17.7 Å². The van der Waals surface area contributed by atoms with Crippen LogP contribution >= 0.6 is 11.8 Å². The number of hydrogen-bond acceptors (Lipinski definition) is 5. The average molecular weight is 355 g/mol. The lowest BCUT2D eigenvalue weighted by Crippen LogP contribution is -2.21. The quantitative estimate of drug-likeness (QED) is 0.711. The first kappa shape index (κ1) is 15.8. The first-order valence-corrected chi connectivity index (χ1v) is 8.59. The molecule has 0 saturated carbocycles. The van der Waals surface area contributed by atoms with Gasteiger partial charge in [-0.2, -0.15) is 4.68 Å². The third kappa shape index (κ3) is 3.02. The topological polar surface area (TPSA) is 57.0 Å². The third-order valence-electron chi connectivity index (χ3n) is 3.97. The molecule has 2 heterocycles. The van der Waals surface area contributed by atoms with Crippen LogP contribution in [0.2, 0.25) is 0 Å². The fourth-order valence-corrected chi connectivity index (χ4v) is 3.87. The van der Waals surface area contributed by atoms with Crippen LogP contribution in [0.15, 0.2) is 53.7 Å². The highest BCUT2D eigenvalue weighted by atomic mass is 32.2. The summed E-state index contributed by atoms with van der Waals surface area (Å²) in [5, 5.41) is 4.68. The predicted molar refractivity (Wildman–Crippen MR) is 92.3 cm³/mol. The van der Waals surface area contributed by atoms with Crippen molar-refractivity contribution in [3.8, 4) is 17.1 Å². The maximum absolute atomic E-state index is 13.5. The lowest BCUT2D eigenvalue weighted by atomic mass is 10.1. The molecular formula is C18H14FN3O2S. The molecule has 0 radical (unpaired) electrons. The number of hydrogen-bond donors (Lipinski definition) is 0. The maximum atomic E-state index is 13.5. The summed E-state index contributed by atoms with van der Waals surface area (Å²) in [5.41, 5.74) is 1.55. The van der Waals surface area contributed by atoms with Gasteiger partial charge in [0.05, 0.1) is 7.11 Å². The molecule has 0 spiro atoms. The van der Waals surface area contributed by atoms with E-state index in [9.17, 15) is 9.18 Å². The van der Waals surface area contributed by atoms with Gasteiger partial charge in [-0.15, -0.1) is 5.10 Å². The fourth-order valence-electron chi connectivity index (χ4n) is 2.73. The Labute approximate surface area is 147 Å². The van der Waals surface area contributed by atoms with Gasteiger partial charge < -0.3 is 4.74 Å². The summed E-state index contributed by atoms with van der Waals surface area (Å²) >= 11 is 1.42. The molecule has 0 fully saturated rings. The summed E-state index contributed by atoms with van der Waals surface area (Å²) in [5.74, 6) is 0.704. The van der Waals surface area contributed by atoms with Gasteiger partial charge in [0.15, 0.2) is 11.0 Å². The second-order valence-corrected chi connectivity index (χ2v) is 6.79. The number of aromatic nitrogens is 3. The van der Waals surface area contributed by atoms with Crippen molar-refractivity contribution in [3.63, 3.8) is 0 Å². The van der Waals surface area contributed by atoms with E-state index >= 15 is 0 Å². The minimum absolute atomic E-state index is 0.148. The molecule has 0 amide bonds. The number of rotatable bonds is 3. The molecule has 4 rings (SSSR count). The van der Waals surface area contributed by atoms with Gasteiger partial charge in [-0.3, -0.25) is 4.79 Å². The molecule has 1 aliphatic rings. The van der Waals surface area contributed by atoms with Crippen molar-refractivity contribution in [1.82, 2.24) is 14.8 Å². The minimum atomic E-state index is -0.311. The fraction of sp³-hybridized carbons (Fsp3) is 0.167. The predicted octanol–water partition coefficient (Wildman–Crippen LogP) is 3.97. The van der Waals surface area contributed by atoms with E-state index in [0.29, 0.717) is 16.7 Å². The van der Waals surface area contributed by atoms with Crippen molar-refractivity contribution in [3.05, 3.63) is 59.9 Å². The van der Waals surface area contributed by atoms with E-state index in [1.165, 1.54) is 28.6 Å². The van der Waals surface area contributed by atoms with Crippen LogP contribution in [-0.2, 0) is 0 Å².